The smallest absolute Gasteiger partial charge is 0.278 e. The van der Waals surface area contributed by atoms with E-state index >= 15 is 0 Å². The molecule has 1 heterocycles. The molecule has 2 aromatic rings. The molecule has 0 saturated carbocycles. The largest absolute Gasteiger partial charge is 0.496 e. The van der Waals surface area contributed by atoms with Crippen molar-refractivity contribution in [1.29, 1.82) is 5.26 Å². The predicted octanol–water partition coefficient (Wildman–Crippen LogP) is 3.48. The van der Waals surface area contributed by atoms with E-state index in [1.807, 2.05) is 6.07 Å². The summed E-state index contributed by atoms with van der Waals surface area (Å²) >= 11 is 6.79. The first kappa shape index (κ1) is 24.6. The van der Waals surface area contributed by atoms with Crippen LogP contribution < -0.4 is 19.6 Å². The summed E-state index contributed by atoms with van der Waals surface area (Å²) in [6.45, 7) is 1.57. The van der Waals surface area contributed by atoms with Crippen molar-refractivity contribution in [3.8, 4) is 23.4 Å². The first-order valence-electron chi connectivity index (χ1n) is 8.80. The molecule has 0 unspecified atom stereocenters. The van der Waals surface area contributed by atoms with E-state index in [9.17, 15) is 10.1 Å². The van der Waals surface area contributed by atoms with Crippen LogP contribution in [0.1, 0.15) is 22.4 Å². The molecule has 0 aliphatic heterocycles. The maximum Gasteiger partial charge on any atom is 0.278 e. The number of methoxy groups -OCH3 is 3. The molecule has 1 N–H and O–H groups in total. The normalized spacial score (nSPS) is 10.6. The highest BCUT2D eigenvalue weighted by atomic mass is 79.9. The number of rotatable bonds is 9. The van der Waals surface area contributed by atoms with Gasteiger partial charge in [-0.05, 0) is 44.8 Å². The average Bonchev–Trinajstić information content (AvgIpc) is 2.76. The number of pyridine rings is 1. The van der Waals surface area contributed by atoms with E-state index in [-0.39, 0.29) is 24.7 Å². The monoisotopic (exact) mass is 554 g/mol. The predicted molar refractivity (Wildman–Crippen MR) is 121 cm³/mol. The number of amides is 1. The maximum absolute atomic E-state index is 12.1. The van der Waals surface area contributed by atoms with Crippen molar-refractivity contribution in [2.45, 2.75) is 13.5 Å². The van der Waals surface area contributed by atoms with Crippen molar-refractivity contribution in [2.75, 3.05) is 27.9 Å². The standard InChI is InChI=1S/C20H20Br2N4O5/c1-11-19(22)14(9-28-2)13(7-23)20(25-11)31-10-18(27)26-24-8-12-5-15(21)17(30-4)6-16(12)29-3/h5-6,8H,9-10H2,1-4H3,(H,26,27)/b24-8+. The topological polar surface area (TPSA) is 115 Å². The lowest BCUT2D eigenvalue weighted by atomic mass is 10.1. The molecule has 0 spiro atoms. The maximum atomic E-state index is 12.1. The van der Waals surface area contributed by atoms with Gasteiger partial charge in [0.2, 0.25) is 5.88 Å². The second-order valence-electron chi connectivity index (χ2n) is 6.03. The molecule has 1 aromatic carbocycles. The van der Waals surface area contributed by atoms with Gasteiger partial charge < -0.3 is 18.9 Å². The third-order valence-corrected chi connectivity index (χ3v) is 5.68. The molecule has 9 nitrogen and oxygen atoms in total. The molecule has 0 aliphatic carbocycles. The van der Waals surface area contributed by atoms with E-state index in [0.717, 1.165) is 0 Å². The second-order valence-corrected chi connectivity index (χ2v) is 7.67. The number of hydrogen-bond acceptors (Lipinski definition) is 8. The number of nitrogens with zero attached hydrogens (tertiary/aromatic N) is 3. The molecule has 0 aliphatic rings. The third-order valence-electron chi connectivity index (χ3n) is 4.00. The van der Waals surface area contributed by atoms with Gasteiger partial charge in [-0.25, -0.2) is 10.4 Å². The fourth-order valence-electron chi connectivity index (χ4n) is 2.54. The van der Waals surface area contributed by atoms with Gasteiger partial charge in [0.1, 0.15) is 23.1 Å². The van der Waals surface area contributed by atoms with Gasteiger partial charge in [-0.3, -0.25) is 4.79 Å². The zero-order valence-corrected chi connectivity index (χ0v) is 20.5. The minimum Gasteiger partial charge on any atom is -0.496 e. The molecule has 1 amide bonds. The van der Waals surface area contributed by atoms with Crippen LogP contribution in [-0.2, 0) is 16.1 Å². The van der Waals surface area contributed by atoms with Gasteiger partial charge in [0.15, 0.2) is 6.61 Å². The Morgan fingerprint density at radius 1 is 1.26 bits per heavy atom. The van der Waals surface area contributed by atoms with E-state index in [1.165, 1.54) is 20.4 Å². The Kier molecular flexibility index (Phi) is 9.23. The number of hydrazone groups is 1. The molecular formula is C20H20Br2N4O5. The van der Waals surface area contributed by atoms with Crippen molar-refractivity contribution in [3.63, 3.8) is 0 Å². The van der Waals surface area contributed by atoms with Gasteiger partial charge in [0, 0.05) is 28.8 Å². The Hall–Kier alpha value is -2.68. The van der Waals surface area contributed by atoms with E-state index < -0.39 is 5.91 Å². The van der Waals surface area contributed by atoms with Gasteiger partial charge in [-0.2, -0.15) is 10.4 Å². The Balaban J connectivity index is 2.09. The van der Waals surface area contributed by atoms with Crippen molar-refractivity contribution < 1.29 is 23.7 Å². The third kappa shape index (κ3) is 6.16. The van der Waals surface area contributed by atoms with Crippen molar-refractivity contribution in [3.05, 3.63) is 43.5 Å². The van der Waals surface area contributed by atoms with Crippen LogP contribution in [0, 0.1) is 18.3 Å². The number of ether oxygens (including phenoxy) is 4. The summed E-state index contributed by atoms with van der Waals surface area (Å²) in [4.78, 5) is 16.4. The van der Waals surface area contributed by atoms with Gasteiger partial charge >= 0.3 is 0 Å². The molecule has 0 saturated heterocycles. The quantitative estimate of drug-likeness (QED) is 0.372. The summed E-state index contributed by atoms with van der Waals surface area (Å²) < 4.78 is 22.5. The zero-order chi connectivity index (χ0) is 23.0. The molecule has 0 atom stereocenters. The highest BCUT2D eigenvalue weighted by Crippen LogP contribution is 2.32. The van der Waals surface area contributed by atoms with Gasteiger partial charge in [0.05, 0.1) is 37.2 Å². The summed E-state index contributed by atoms with van der Waals surface area (Å²) in [5, 5.41) is 13.4. The van der Waals surface area contributed by atoms with Crippen LogP contribution in [0.3, 0.4) is 0 Å². The highest BCUT2D eigenvalue weighted by Gasteiger charge is 2.18. The van der Waals surface area contributed by atoms with E-state index in [2.05, 4.69) is 47.4 Å². The molecule has 164 valence electrons. The van der Waals surface area contributed by atoms with Crippen LogP contribution in [0.5, 0.6) is 17.4 Å². The Morgan fingerprint density at radius 2 is 1.97 bits per heavy atom. The first-order chi connectivity index (χ1) is 14.9. The number of nitriles is 1. The van der Waals surface area contributed by atoms with Crippen LogP contribution in [-0.4, -0.2) is 45.0 Å². The van der Waals surface area contributed by atoms with Crippen LogP contribution >= 0.6 is 31.9 Å². The Morgan fingerprint density at radius 3 is 2.58 bits per heavy atom. The first-order valence-corrected chi connectivity index (χ1v) is 10.4. The number of aryl methyl sites for hydroxylation is 1. The summed E-state index contributed by atoms with van der Waals surface area (Å²) in [6.07, 6.45) is 1.43. The summed E-state index contributed by atoms with van der Waals surface area (Å²) in [6, 6.07) is 5.48. The van der Waals surface area contributed by atoms with Crippen LogP contribution in [0.2, 0.25) is 0 Å². The number of nitrogens with one attached hydrogen (secondary N) is 1. The van der Waals surface area contributed by atoms with E-state index in [1.54, 1.807) is 26.2 Å². The lowest BCUT2D eigenvalue weighted by Gasteiger charge is -2.13. The lowest BCUT2D eigenvalue weighted by molar-refractivity contribution is -0.123. The van der Waals surface area contributed by atoms with Crippen molar-refractivity contribution >= 4 is 44.0 Å². The number of carbonyl (C=O) groups excluding carboxylic acids is 1. The van der Waals surface area contributed by atoms with Gasteiger partial charge in [0.25, 0.3) is 5.91 Å². The van der Waals surface area contributed by atoms with Crippen LogP contribution in [0.25, 0.3) is 0 Å². The summed E-state index contributed by atoms with van der Waals surface area (Å²) in [7, 11) is 4.58. The van der Waals surface area contributed by atoms with E-state index in [0.29, 0.717) is 37.3 Å². The molecule has 1 aromatic heterocycles. The molecule has 0 fully saturated rings. The van der Waals surface area contributed by atoms with Gasteiger partial charge in [-0.15, -0.1) is 0 Å². The molecular weight excluding hydrogens is 536 g/mol. The second kappa shape index (κ2) is 11.6. The Labute approximate surface area is 196 Å². The summed E-state index contributed by atoms with van der Waals surface area (Å²) in [5.74, 6) is 0.649. The lowest BCUT2D eigenvalue weighted by Crippen LogP contribution is -2.25. The van der Waals surface area contributed by atoms with Crippen LogP contribution in [0.15, 0.2) is 26.2 Å². The minimum absolute atomic E-state index is 0.0510. The zero-order valence-electron chi connectivity index (χ0n) is 17.3. The number of halogens is 2. The molecule has 0 radical (unpaired) electrons. The molecule has 2 rings (SSSR count). The fraction of sp³-hybridized carbons (Fsp3) is 0.300. The number of benzene rings is 1. The SMILES string of the molecule is COCc1c(Br)c(C)nc(OCC(=O)N/N=C/c2cc(Br)c(OC)cc2OC)c1C#N. The van der Waals surface area contributed by atoms with Crippen molar-refractivity contribution in [2.24, 2.45) is 5.10 Å². The average molecular weight is 556 g/mol. The Bertz CT molecular complexity index is 1040. The number of hydrogen-bond donors (Lipinski definition) is 1. The van der Waals surface area contributed by atoms with Gasteiger partial charge in [-0.1, -0.05) is 0 Å². The highest BCUT2D eigenvalue weighted by molar-refractivity contribution is 9.10. The summed E-state index contributed by atoms with van der Waals surface area (Å²) in [5.41, 5.74) is 4.39. The molecule has 0 bridgehead atoms. The van der Waals surface area contributed by atoms with Crippen molar-refractivity contribution in [1.82, 2.24) is 10.4 Å². The minimum atomic E-state index is -0.526. The molecule has 11 heteroatoms. The fourth-order valence-corrected chi connectivity index (χ4v) is 3.46. The number of aromatic nitrogens is 1. The number of carbonyl (C=O) groups is 1. The van der Waals surface area contributed by atoms with E-state index in [4.69, 9.17) is 18.9 Å². The van der Waals surface area contributed by atoms with Crippen LogP contribution in [0.4, 0.5) is 0 Å². The molecule has 31 heavy (non-hydrogen) atoms.